The van der Waals surface area contributed by atoms with Crippen molar-refractivity contribution < 1.29 is 14.0 Å². The van der Waals surface area contributed by atoms with Crippen LogP contribution in [0.4, 0.5) is 0 Å². The van der Waals surface area contributed by atoms with Crippen molar-refractivity contribution in [2.45, 2.75) is 71.7 Å². The van der Waals surface area contributed by atoms with Gasteiger partial charge >= 0.3 is 5.97 Å². The molecule has 0 aliphatic rings. The van der Waals surface area contributed by atoms with Crippen LogP contribution in [-0.2, 0) is 26.0 Å². The number of aromatic nitrogens is 2. The molecule has 0 atom stereocenters. The van der Waals surface area contributed by atoms with Crippen LogP contribution in [0.1, 0.15) is 52.9 Å². The van der Waals surface area contributed by atoms with E-state index in [4.69, 9.17) is 14.1 Å². The molecule has 0 radical (unpaired) electrons. The first-order valence-electron chi connectivity index (χ1n) is 10.0. The number of benzene rings is 1. The lowest BCUT2D eigenvalue weighted by molar-refractivity contribution is -0.142. The van der Waals surface area contributed by atoms with Crippen LogP contribution in [0.15, 0.2) is 36.4 Å². The van der Waals surface area contributed by atoms with Crippen LogP contribution in [0, 0.1) is 0 Å². The summed E-state index contributed by atoms with van der Waals surface area (Å²) in [5.41, 5.74) is 2.18. The highest BCUT2D eigenvalue weighted by atomic mass is 28.4. The van der Waals surface area contributed by atoms with Gasteiger partial charge in [0, 0.05) is 24.5 Å². The summed E-state index contributed by atoms with van der Waals surface area (Å²) in [6, 6.07) is 11.8. The number of ether oxygens (including phenoxy) is 1. The van der Waals surface area contributed by atoms with Crippen molar-refractivity contribution >= 4 is 14.3 Å². The van der Waals surface area contributed by atoms with Gasteiger partial charge in [0.25, 0.3) is 0 Å². The Bertz CT molecular complexity index is 843. The lowest BCUT2D eigenvalue weighted by Gasteiger charge is -2.39. The fraction of sp³-hybridized carbons (Fsp3) is 0.522. The molecule has 158 valence electrons. The molecule has 1 heterocycles. The van der Waals surface area contributed by atoms with Gasteiger partial charge < -0.3 is 9.16 Å². The third-order valence-corrected chi connectivity index (χ3v) is 10.0. The van der Waals surface area contributed by atoms with Crippen molar-refractivity contribution in [1.29, 1.82) is 0 Å². The van der Waals surface area contributed by atoms with Crippen LogP contribution in [0.2, 0.25) is 18.1 Å². The highest BCUT2D eigenvalue weighted by Crippen LogP contribution is 2.38. The predicted molar refractivity (Wildman–Crippen MR) is 119 cm³/mol. The maximum Gasteiger partial charge on any atom is 0.303 e. The third-order valence-electron chi connectivity index (χ3n) is 5.53. The zero-order valence-corrected chi connectivity index (χ0v) is 20.0. The minimum absolute atomic E-state index is 0.129. The Kier molecular flexibility index (Phi) is 7.01. The normalized spacial score (nSPS) is 12.7. The van der Waals surface area contributed by atoms with Gasteiger partial charge in [-0.2, -0.15) is 0 Å². The highest BCUT2D eigenvalue weighted by molar-refractivity contribution is 6.74. The van der Waals surface area contributed by atoms with Crippen molar-refractivity contribution in [2.24, 2.45) is 0 Å². The zero-order chi connectivity index (χ0) is 21.9. The number of hydrogen-bond acceptors (Lipinski definition) is 5. The van der Waals surface area contributed by atoms with E-state index in [-0.39, 0.29) is 23.0 Å². The molecular weight excluding hydrogens is 380 g/mol. The summed E-state index contributed by atoms with van der Waals surface area (Å²) in [5, 5.41) is 0.143. The van der Waals surface area contributed by atoms with E-state index in [1.807, 2.05) is 36.4 Å². The Morgan fingerprint density at radius 3 is 2.21 bits per heavy atom. The molecule has 0 N–H and O–H groups in total. The Balaban J connectivity index is 2.38. The fourth-order valence-electron chi connectivity index (χ4n) is 2.46. The number of carbonyl (C=O) groups excluding carboxylic acids is 1. The number of hydrogen-bond donors (Lipinski definition) is 0. The van der Waals surface area contributed by atoms with Gasteiger partial charge in [0.15, 0.2) is 14.1 Å². The van der Waals surface area contributed by atoms with Gasteiger partial charge in [-0.05, 0) is 24.2 Å². The second kappa shape index (κ2) is 8.75. The molecule has 0 aliphatic carbocycles. The third kappa shape index (κ3) is 6.21. The molecule has 0 fully saturated rings. The first kappa shape index (κ1) is 23.2. The molecule has 0 amide bonds. The van der Waals surface area contributed by atoms with E-state index >= 15 is 0 Å². The van der Waals surface area contributed by atoms with Crippen molar-refractivity contribution in [1.82, 2.24) is 9.97 Å². The van der Waals surface area contributed by atoms with Gasteiger partial charge in [-0.1, -0.05) is 65.0 Å². The Hall–Kier alpha value is -2.05. The van der Waals surface area contributed by atoms with Gasteiger partial charge in [-0.3, -0.25) is 4.79 Å². The first-order valence-corrected chi connectivity index (χ1v) is 12.9. The molecule has 0 saturated carbocycles. The van der Waals surface area contributed by atoms with E-state index < -0.39 is 8.32 Å². The number of rotatable bonds is 7. The summed E-state index contributed by atoms with van der Waals surface area (Å²) in [5.74, 6) is 0.303. The second-order valence-corrected chi connectivity index (χ2v) is 14.5. The summed E-state index contributed by atoms with van der Waals surface area (Å²) in [6.07, 6.45) is 0. The van der Waals surface area contributed by atoms with E-state index in [9.17, 15) is 4.79 Å². The maximum atomic E-state index is 11.3. The Morgan fingerprint density at radius 1 is 1.03 bits per heavy atom. The number of esters is 1. The smallest absolute Gasteiger partial charge is 0.303 e. The molecule has 0 aliphatic heterocycles. The van der Waals surface area contributed by atoms with Gasteiger partial charge in [-0.25, -0.2) is 9.97 Å². The van der Waals surface area contributed by atoms with E-state index in [1.54, 1.807) is 0 Å². The Morgan fingerprint density at radius 2 is 1.66 bits per heavy atom. The van der Waals surface area contributed by atoms with Crippen molar-refractivity contribution in [3.05, 3.63) is 47.8 Å². The monoisotopic (exact) mass is 414 g/mol. The molecule has 6 heteroatoms. The average Bonchev–Trinajstić information content (AvgIpc) is 2.64. The van der Waals surface area contributed by atoms with E-state index in [1.165, 1.54) is 6.92 Å². The highest BCUT2D eigenvalue weighted by Gasteiger charge is 2.39. The van der Waals surface area contributed by atoms with Crippen molar-refractivity contribution in [3.63, 3.8) is 0 Å². The van der Waals surface area contributed by atoms with E-state index in [2.05, 4.69) is 52.7 Å². The van der Waals surface area contributed by atoms with Crippen molar-refractivity contribution in [3.8, 4) is 11.4 Å². The summed E-state index contributed by atoms with van der Waals surface area (Å²) >= 11 is 0. The minimum atomic E-state index is -1.88. The van der Waals surface area contributed by atoms with Gasteiger partial charge in [0.2, 0.25) is 0 Å². The lowest BCUT2D eigenvalue weighted by Crippen LogP contribution is -2.44. The molecule has 5 nitrogen and oxygen atoms in total. The van der Waals surface area contributed by atoms with Crippen LogP contribution < -0.4 is 0 Å². The molecule has 29 heavy (non-hydrogen) atoms. The first-order chi connectivity index (χ1) is 13.3. The van der Waals surface area contributed by atoms with E-state index in [0.29, 0.717) is 18.1 Å². The predicted octanol–water partition coefficient (Wildman–Crippen LogP) is 5.51. The largest absolute Gasteiger partial charge is 0.459 e. The molecule has 1 aromatic heterocycles. The average molecular weight is 415 g/mol. The molecule has 0 unspecified atom stereocenters. The number of carbonyl (C=O) groups is 1. The van der Waals surface area contributed by atoms with Gasteiger partial charge in [0.1, 0.15) is 6.61 Å². The molecule has 0 bridgehead atoms. The van der Waals surface area contributed by atoms with E-state index in [0.717, 1.165) is 11.3 Å². The Labute approximate surface area is 176 Å². The molecule has 2 rings (SSSR count). The van der Waals surface area contributed by atoms with Gasteiger partial charge in [0.05, 0.1) is 11.4 Å². The fourth-order valence-corrected chi connectivity index (χ4v) is 3.62. The topological polar surface area (TPSA) is 61.3 Å². The quantitative estimate of drug-likeness (QED) is 0.442. The number of nitrogens with zero attached hydrogens (tertiary/aromatic N) is 2. The molecule has 0 saturated heterocycles. The van der Waals surface area contributed by atoms with Crippen LogP contribution in [0.3, 0.4) is 0 Å². The van der Waals surface area contributed by atoms with Crippen molar-refractivity contribution in [2.75, 3.05) is 6.61 Å². The second-order valence-electron chi connectivity index (χ2n) is 9.65. The van der Waals surface area contributed by atoms with Crippen LogP contribution in [-0.4, -0.2) is 30.9 Å². The molecule has 1 aromatic carbocycles. The molecule has 2 aromatic rings. The summed E-state index contributed by atoms with van der Waals surface area (Å²) < 4.78 is 11.7. The lowest BCUT2D eigenvalue weighted by atomic mass is 9.89. The van der Waals surface area contributed by atoms with Crippen LogP contribution >= 0.6 is 0 Å². The van der Waals surface area contributed by atoms with Gasteiger partial charge in [-0.15, -0.1) is 0 Å². The van der Waals surface area contributed by atoms with Crippen LogP contribution in [0.5, 0.6) is 0 Å². The summed E-state index contributed by atoms with van der Waals surface area (Å²) in [4.78, 5) is 20.7. The van der Waals surface area contributed by atoms with Crippen LogP contribution in [0.25, 0.3) is 11.4 Å². The standard InChI is InChI=1S/C23H34N2O3Si/c1-17(26)27-15-19-14-20(25-21(24-19)18-12-10-9-11-13-18)23(5,6)16-28-29(7,8)22(2,3)4/h9-14H,15-16H2,1-8H3. The maximum absolute atomic E-state index is 11.3. The molecule has 0 spiro atoms. The summed E-state index contributed by atoms with van der Waals surface area (Å²) in [6.45, 7) is 17.6. The summed E-state index contributed by atoms with van der Waals surface area (Å²) in [7, 11) is -1.88. The minimum Gasteiger partial charge on any atom is -0.459 e. The zero-order valence-electron chi connectivity index (χ0n) is 19.0. The SMILES string of the molecule is CC(=O)OCc1cc(C(C)(C)CO[Si](C)(C)C(C)(C)C)nc(-c2ccccc2)n1. The molecular formula is C23H34N2O3Si.